The van der Waals surface area contributed by atoms with Crippen molar-refractivity contribution in [1.29, 1.82) is 0 Å². The molecule has 0 fully saturated rings. The van der Waals surface area contributed by atoms with E-state index in [2.05, 4.69) is 4.99 Å². The van der Waals surface area contributed by atoms with Gasteiger partial charge in [-0.1, -0.05) is 4.99 Å². The third kappa shape index (κ3) is 0.984. The Morgan fingerprint density at radius 1 is 2.00 bits per heavy atom. The summed E-state index contributed by atoms with van der Waals surface area (Å²) in [6.45, 7) is 2.05. The van der Waals surface area contributed by atoms with Crippen molar-refractivity contribution in [1.82, 2.24) is 4.90 Å². The zero-order valence-corrected chi connectivity index (χ0v) is 4.94. The van der Waals surface area contributed by atoms with Gasteiger partial charge in [-0.3, -0.25) is 4.90 Å². The van der Waals surface area contributed by atoms with Gasteiger partial charge in [-0.25, -0.2) is 0 Å². The first-order chi connectivity index (χ1) is 4.22. The van der Waals surface area contributed by atoms with Crippen LogP contribution in [0.25, 0.3) is 0 Å². The molecule has 0 aliphatic carbocycles. The third-order valence-corrected chi connectivity index (χ3v) is 1.07. The van der Waals surface area contributed by atoms with Gasteiger partial charge in [0.15, 0.2) is 6.54 Å². The highest BCUT2D eigenvalue weighted by Crippen LogP contribution is 2.00. The molecule has 1 rings (SSSR count). The Bertz CT molecular complexity index is 165. The number of hydrogen-bond acceptors (Lipinski definition) is 4. The Morgan fingerprint density at radius 3 is 2.89 bits per heavy atom. The van der Waals surface area contributed by atoms with Crippen LogP contribution in [0, 0.1) is 16.7 Å². The molecule has 0 unspecified atom stereocenters. The van der Waals surface area contributed by atoms with Gasteiger partial charge in [-0.05, 0) is 4.92 Å². The van der Waals surface area contributed by atoms with Crippen LogP contribution in [0.3, 0.4) is 0 Å². The second-order valence-corrected chi connectivity index (χ2v) is 1.75. The molecule has 5 heteroatoms. The fourth-order valence-corrected chi connectivity index (χ4v) is 0.612. The predicted molar refractivity (Wildman–Crippen MR) is 31.4 cm³/mol. The summed E-state index contributed by atoms with van der Waals surface area (Å²) in [4.78, 5) is 14.5. The van der Waals surface area contributed by atoms with Crippen LogP contribution in [0.4, 0.5) is 0 Å². The van der Waals surface area contributed by atoms with E-state index in [-0.39, 0.29) is 5.96 Å². The highest BCUT2D eigenvalue weighted by Gasteiger charge is 2.24. The summed E-state index contributed by atoms with van der Waals surface area (Å²) in [5.41, 5.74) is 0. The van der Waals surface area contributed by atoms with E-state index in [1.54, 1.807) is 7.05 Å². The third-order valence-electron chi connectivity index (χ3n) is 1.07. The summed E-state index contributed by atoms with van der Waals surface area (Å²) in [7, 11) is 1.63. The molecule has 5 nitrogen and oxygen atoms in total. The molecule has 0 spiro atoms. The molecule has 0 saturated carbocycles. The maximum absolute atomic E-state index is 10.0. The van der Waals surface area contributed by atoms with Crippen LogP contribution in [-0.2, 0) is 0 Å². The lowest BCUT2D eigenvalue weighted by molar-refractivity contribution is -0.361. The van der Waals surface area contributed by atoms with E-state index in [1.807, 2.05) is 0 Å². The van der Waals surface area contributed by atoms with Gasteiger partial charge in [0, 0.05) is 0 Å². The molecule has 1 aliphatic heterocycles. The number of nitro groups is 1. The SMILES string of the molecule is CN1C[CH]N=C1[N+](=O)[O-]. The minimum atomic E-state index is -0.497. The summed E-state index contributed by atoms with van der Waals surface area (Å²) in [5.74, 6) is -0.0741. The Labute approximate surface area is 52.1 Å². The van der Waals surface area contributed by atoms with Crippen LogP contribution in [0.2, 0.25) is 0 Å². The van der Waals surface area contributed by atoms with Gasteiger partial charge in [0.05, 0.1) is 7.05 Å². The van der Waals surface area contributed by atoms with Crippen LogP contribution in [0.15, 0.2) is 4.99 Å². The first-order valence-corrected chi connectivity index (χ1v) is 2.47. The monoisotopic (exact) mass is 128 g/mol. The van der Waals surface area contributed by atoms with Crippen molar-refractivity contribution in [3.63, 3.8) is 0 Å². The van der Waals surface area contributed by atoms with Crippen molar-refractivity contribution in [3.8, 4) is 0 Å². The topological polar surface area (TPSA) is 58.7 Å². The smallest absolute Gasteiger partial charge is 0.390 e. The van der Waals surface area contributed by atoms with E-state index in [0.29, 0.717) is 6.54 Å². The van der Waals surface area contributed by atoms with E-state index >= 15 is 0 Å². The van der Waals surface area contributed by atoms with E-state index < -0.39 is 4.92 Å². The molecule has 0 N–H and O–H groups in total. The second-order valence-electron chi connectivity index (χ2n) is 1.75. The maximum Gasteiger partial charge on any atom is 0.425 e. The van der Waals surface area contributed by atoms with Crippen LogP contribution >= 0.6 is 0 Å². The molecule has 1 heterocycles. The number of guanidine groups is 1. The lowest BCUT2D eigenvalue weighted by atomic mass is 10.6. The standard InChI is InChI=1S/C4H6N3O2/c1-6-3-2-5-4(6)7(8)9/h2H,3H2,1H3. The molecule has 0 bridgehead atoms. The quantitative estimate of drug-likeness (QED) is 0.333. The summed E-state index contributed by atoms with van der Waals surface area (Å²) in [5, 5.41) is 10.0. The maximum atomic E-state index is 10.0. The second kappa shape index (κ2) is 2.00. The van der Waals surface area contributed by atoms with E-state index in [4.69, 9.17) is 0 Å². The molecule has 1 radical (unpaired) electrons. The first-order valence-electron chi connectivity index (χ1n) is 2.47. The van der Waals surface area contributed by atoms with Gasteiger partial charge >= 0.3 is 5.96 Å². The van der Waals surface area contributed by atoms with Crippen molar-refractivity contribution in [2.75, 3.05) is 13.6 Å². The normalized spacial score (nSPS) is 17.9. The molecule has 0 atom stereocenters. The van der Waals surface area contributed by atoms with Gasteiger partial charge in [0.2, 0.25) is 0 Å². The lowest BCUT2D eigenvalue weighted by Crippen LogP contribution is -2.28. The Morgan fingerprint density at radius 2 is 2.67 bits per heavy atom. The van der Waals surface area contributed by atoms with Gasteiger partial charge in [-0.15, -0.1) is 0 Å². The predicted octanol–water partition coefficient (Wildman–Crippen LogP) is -0.274. The molecule has 0 aromatic heterocycles. The van der Waals surface area contributed by atoms with E-state index in [1.165, 1.54) is 11.4 Å². The Balaban J connectivity index is 2.68. The summed E-state index contributed by atoms with van der Waals surface area (Å²) < 4.78 is 0. The molecular weight excluding hydrogens is 122 g/mol. The van der Waals surface area contributed by atoms with Crippen molar-refractivity contribution in [3.05, 3.63) is 16.7 Å². The van der Waals surface area contributed by atoms with E-state index in [9.17, 15) is 10.1 Å². The molecule has 9 heavy (non-hydrogen) atoms. The Hall–Kier alpha value is -1.13. The number of likely N-dealkylation sites (N-methyl/N-ethyl adjacent to an activating group) is 1. The van der Waals surface area contributed by atoms with Crippen LogP contribution in [-0.4, -0.2) is 29.4 Å². The fourth-order valence-electron chi connectivity index (χ4n) is 0.612. The highest BCUT2D eigenvalue weighted by molar-refractivity contribution is 5.73. The first kappa shape index (κ1) is 6.00. The van der Waals surface area contributed by atoms with Crippen LogP contribution in [0.1, 0.15) is 0 Å². The minimum Gasteiger partial charge on any atom is -0.390 e. The van der Waals surface area contributed by atoms with Gasteiger partial charge in [-0.2, -0.15) is 0 Å². The van der Waals surface area contributed by atoms with Gasteiger partial charge in [0.25, 0.3) is 0 Å². The number of nitrogens with zero attached hydrogens (tertiary/aromatic N) is 3. The number of aliphatic imine (C=N–C) groups is 1. The molecular formula is C4H6N3O2. The highest BCUT2D eigenvalue weighted by atomic mass is 16.6. The summed E-state index contributed by atoms with van der Waals surface area (Å²) in [6.07, 6.45) is 0. The summed E-state index contributed by atoms with van der Waals surface area (Å²) >= 11 is 0. The van der Waals surface area contributed by atoms with Crippen LogP contribution < -0.4 is 0 Å². The van der Waals surface area contributed by atoms with Crippen molar-refractivity contribution >= 4 is 5.96 Å². The van der Waals surface area contributed by atoms with Crippen LogP contribution in [0.5, 0.6) is 0 Å². The lowest BCUT2D eigenvalue weighted by Gasteiger charge is -2.03. The molecule has 49 valence electrons. The van der Waals surface area contributed by atoms with E-state index in [0.717, 1.165) is 0 Å². The number of rotatable bonds is 0. The average molecular weight is 128 g/mol. The molecule has 0 saturated heterocycles. The Kier molecular flexibility index (Phi) is 1.33. The summed E-state index contributed by atoms with van der Waals surface area (Å²) in [6, 6.07) is 0. The van der Waals surface area contributed by atoms with Gasteiger partial charge < -0.3 is 10.1 Å². The number of hydrogen-bond donors (Lipinski definition) is 0. The molecule has 1 aliphatic rings. The van der Waals surface area contributed by atoms with Gasteiger partial charge in [0.1, 0.15) is 6.54 Å². The van der Waals surface area contributed by atoms with Crippen molar-refractivity contribution in [2.45, 2.75) is 0 Å². The zero-order valence-electron chi connectivity index (χ0n) is 4.94. The molecule has 0 amide bonds. The zero-order chi connectivity index (χ0) is 6.85. The molecule has 0 aromatic carbocycles. The molecule has 0 aromatic rings. The fraction of sp³-hybridized carbons (Fsp3) is 0.500. The minimum absolute atomic E-state index is 0.0741. The largest absolute Gasteiger partial charge is 0.425 e. The van der Waals surface area contributed by atoms with Crippen molar-refractivity contribution < 1.29 is 4.92 Å². The average Bonchev–Trinajstić information content (AvgIpc) is 2.13. The van der Waals surface area contributed by atoms with Crippen molar-refractivity contribution in [2.24, 2.45) is 4.99 Å².